The molecule has 2 atom stereocenters. The van der Waals surface area contributed by atoms with Crippen molar-refractivity contribution in [1.82, 2.24) is 5.32 Å². The van der Waals surface area contributed by atoms with Gasteiger partial charge in [0.15, 0.2) is 0 Å². The maximum Gasteiger partial charge on any atom is 0.303 e. The maximum atomic E-state index is 10.3. The molecule has 0 amide bonds. The third kappa shape index (κ3) is 3.74. The minimum absolute atomic E-state index is 0.158. The van der Waals surface area contributed by atoms with Crippen LogP contribution in [0.1, 0.15) is 25.7 Å². The first kappa shape index (κ1) is 10.5. The van der Waals surface area contributed by atoms with Gasteiger partial charge in [-0.25, -0.2) is 0 Å². The number of rotatable bonds is 3. The largest absolute Gasteiger partial charge is 0.481 e. The lowest BCUT2D eigenvalue weighted by atomic mass is 9.92. The van der Waals surface area contributed by atoms with E-state index in [1.165, 1.54) is 0 Å². The van der Waals surface area contributed by atoms with Crippen LogP contribution >= 0.6 is 0 Å². The average Bonchev–Trinajstić information content (AvgIpc) is 2.27. The SMILES string of the molecule is O=C(O)CCC1CCNCCC1O. The Balaban J connectivity index is 2.31. The monoisotopic (exact) mass is 187 g/mol. The van der Waals surface area contributed by atoms with Crippen molar-refractivity contribution >= 4 is 5.97 Å². The summed E-state index contributed by atoms with van der Waals surface area (Å²) < 4.78 is 0. The van der Waals surface area contributed by atoms with Gasteiger partial charge in [-0.3, -0.25) is 4.79 Å². The van der Waals surface area contributed by atoms with Crippen LogP contribution in [0.25, 0.3) is 0 Å². The molecule has 1 aliphatic rings. The average molecular weight is 187 g/mol. The smallest absolute Gasteiger partial charge is 0.303 e. The topological polar surface area (TPSA) is 69.6 Å². The first-order chi connectivity index (χ1) is 6.20. The molecule has 1 rings (SSSR count). The number of aliphatic hydroxyl groups excluding tert-OH is 1. The molecule has 0 bridgehead atoms. The second-order valence-corrected chi connectivity index (χ2v) is 3.59. The molecule has 0 spiro atoms. The Hall–Kier alpha value is -0.610. The molecule has 0 aromatic heterocycles. The van der Waals surface area contributed by atoms with Crippen LogP contribution in [0, 0.1) is 5.92 Å². The van der Waals surface area contributed by atoms with E-state index in [1.54, 1.807) is 0 Å². The van der Waals surface area contributed by atoms with Crippen LogP contribution < -0.4 is 5.32 Å². The van der Waals surface area contributed by atoms with Crippen LogP contribution in [0.15, 0.2) is 0 Å². The van der Waals surface area contributed by atoms with Gasteiger partial charge < -0.3 is 15.5 Å². The Morgan fingerprint density at radius 3 is 2.77 bits per heavy atom. The van der Waals surface area contributed by atoms with Gasteiger partial charge in [-0.1, -0.05) is 0 Å². The maximum absolute atomic E-state index is 10.3. The first-order valence-corrected chi connectivity index (χ1v) is 4.80. The van der Waals surface area contributed by atoms with Crippen molar-refractivity contribution in [2.24, 2.45) is 5.92 Å². The van der Waals surface area contributed by atoms with Crippen molar-refractivity contribution in [2.75, 3.05) is 13.1 Å². The third-order valence-corrected chi connectivity index (χ3v) is 2.58. The lowest BCUT2D eigenvalue weighted by molar-refractivity contribution is -0.137. The summed E-state index contributed by atoms with van der Waals surface area (Å²) in [5.41, 5.74) is 0. The minimum atomic E-state index is -0.774. The highest BCUT2D eigenvalue weighted by Crippen LogP contribution is 2.19. The van der Waals surface area contributed by atoms with Gasteiger partial charge in [0.2, 0.25) is 0 Å². The van der Waals surface area contributed by atoms with Gasteiger partial charge in [0.1, 0.15) is 0 Å². The van der Waals surface area contributed by atoms with Crippen LogP contribution in [-0.2, 0) is 4.79 Å². The molecule has 3 N–H and O–H groups in total. The van der Waals surface area contributed by atoms with Crippen molar-refractivity contribution in [1.29, 1.82) is 0 Å². The summed E-state index contributed by atoms with van der Waals surface area (Å²) >= 11 is 0. The molecule has 0 saturated carbocycles. The van der Waals surface area contributed by atoms with Gasteiger partial charge in [-0.05, 0) is 38.3 Å². The lowest BCUT2D eigenvalue weighted by Gasteiger charge is -2.18. The molecule has 1 heterocycles. The fraction of sp³-hybridized carbons (Fsp3) is 0.889. The van der Waals surface area contributed by atoms with Crippen molar-refractivity contribution in [3.05, 3.63) is 0 Å². The Morgan fingerprint density at radius 2 is 2.08 bits per heavy atom. The molecular weight excluding hydrogens is 170 g/mol. The number of carbonyl (C=O) groups is 1. The highest BCUT2D eigenvalue weighted by atomic mass is 16.4. The van der Waals surface area contributed by atoms with Gasteiger partial charge in [-0.15, -0.1) is 0 Å². The molecule has 0 aliphatic carbocycles. The van der Waals surface area contributed by atoms with Gasteiger partial charge in [0.25, 0.3) is 0 Å². The number of nitrogens with one attached hydrogen (secondary N) is 1. The van der Waals surface area contributed by atoms with Crippen LogP contribution in [0.3, 0.4) is 0 Å². The normalized spacial score (nSPS) is 29.6. The summed E-state index contributed by atoms with van der Waals surface area (Å²) in [7, 11) is 0. The molecule has 4 heteroatoms. The molecule has 0 radical (unpaired) electrons. The molecule has 4 nitrogen and oxygen atoms in total. The zero-order chi connectivity index (χ0) is 9.68. The second kappa shape index (κ2) is 5.19. The van der Waals surface area contributed by atoms with Crippen LogP contribution in [-0.4, -0.2) is 35.4 Å². The minimum Gasteiger partial charge on any atom is -0.481 e. The predicted molar refractivity (Wildman–Crippen MR) is 48.5 cm³/mol. The molecule has 13 heavy (non-hydrogen) atoms. The van der Waals surface area contributed by atoms with E-state index in [2.05, 4.69) is 5.32 Å². The summed E-state index contributed by atoms with van der Waals surface area (Å²) in [6.45, 7) is 1.73. The Labute approximate surface area is 78.0 Å². The highest BCUT2D eigenvalue weighted by Gasteiger charge is 2.21. The summed E-state index contributed by atoms with van der Waals surface area (Å²) in [5.74, 6) is -0.615. The number of carboxylic acids is 1. The molecule has 2 unspecified atom stereocenters. The molecule has 76 valence electrons. The van der Waals surface area contributed by atoms with E-state index < -0.39 is 5.97 Å². The summed E-state index contributed by atoms with van der Waals surface area (Å²) in [4.78, 5) is 10.3. The number of aliphatic carboxylic acids is 1. The molecule has 0 aromatic rings. The number of aliphatic hydroxyl groups is 1. The van der Waals surface area contributed by atoms with Crippen molar-refractivity contribution < 1.29 is 15.0 Å². The summed E-state index contributed by atoms with van der Waals surface area (Å²) in [5, 5.41) is 21.3. The van der Waals surface area contributed by atoms with Crippen LogP contribution in [0.4, 0.5) is 0 Å². The predicted octanol–water partition coefficient (Wildman–Crippen LogP) is 0.212. The van der Waals surface area contributed by atoms with Crippen LogP contribution in [0.5, 0.6) is 0 Å². The summed E-state index contributed by atoms with van der Waals surface area (Å²) in [6, 6.07) is 0. The molecule has 1 saturated heterocycles. The van der Waals surface area contributed by atoms with E-state index in [0.29, 0.717) is 6.42 Å². The number of hydrogen-bond donors (Lipinski definition) is 3. The van der Waals surface area contributed by atoms with Gasteiger partial charge in [-0.2, -0.15) is 0 Å². The summed E-state index contributed by atoms with van der Waals surface area (Å²) in [6.07, 6.45) is 2.06. The Kier molecular flexibility index (Phi) is 4.18. The number of carboxylic acid groups (broad SMARTS) is 1. The molecule has 1 fully saturated rings. The Bertz CT molecular complexity index is 172. The third-order valence-electron chi connectivity index (χ3n) is 2.58. The molecular formula is C9H17NO3. The van der Waals surface area contributed by atoms with E-state index in [-0.39, 0.29) is 18.4 Å². The molecule has 0 aromatic carbocycles. The standard InChI is InChI=1S/C9H17NO3/c11-8-4-6-10-5-3-7(8)1-2-9(12)13/h7-8,10-11H,1-6H2,(H,12,13). The fourth-order valence-electron chi connectivity index (χ4n) is 1.74. The van der Waals surface area contributed by atoms with Gasteiger partial charge in [0.05, 0.1) is 6.10 Å². The van der Waals surface area contributed by atoms with Crippen LogP contribution in [0.2, 0.25) is 0 Å². The van der Waals surface area contributed by atoms with Crippen molar-refractivity contribution in [2.45, 2.75) is 31.8 Å². The van der Waals surface area contributed by atoms with E-state index in [1.807, 2.05) is 0 Å². The zero-order valence-corrected chi connectivity index (χ0v) is 7.70. The van der Waals surface area contributed by atoms with E-state index in [9.17, 15) is 9.90 Å². The molecule has 1 aliphatic heterocycles. The first-order valence-electron chi connectivity index (χ1n) is 4.80. The van der Waals surface area contributed by atoms with Gasteiger partial charge >= 0.3 is 5.97 Å². The zero-order valence-electron chi connectivity index (χ0n) is 7.70. The Morgan fingerprint density at radius 1 is 1.38 bits per heavy atom. The highest BCUT2D eigenvalue weighted by molar-refractivity contribution is 5.66. The van der Waals surface area contributed by atoms with E-state index in [4.69, 9.17) is 5.11 Å². The second-order valence-electron chi connectivity index (χ2n) is 3.59. The quantitative estimate of drug-likeness (QED) is 0.591. The van der Waals surface area contributed by atoms with Gasteiger partial charge in [0, 0.05) is 6.42 Å². The van der Waals surface area contributed by atoms with E-state index >= 15 is 0 Å². The number of hydrogen-bond acceptors (Lipinski definition) is 3. The van der Waals surface area contributed by atoms with Crippen molar-refractivity contribution in [3.8, 4) is 0 Å². The lowest BCUT2D eigenvalue weighted by Crippen LogP contribution is -2.20. The van der Waals surface area contributed by atoms with E-state index in [0.717, 1.165) is 25.9 Å². The fourth-order valence-corrected chi connectivity index (χ4v) is 1.74. The van der Waals surface area contributed by atoms with Crippen molar-refractivity contribution in [3.63, 3.8) is 0 Å².